The Morgan fingerprint density at radius 1 is 0.971 bits per heavy atom. The summed E-state index contributed by atoms with van der Waals surface area (Å²) < 4.78 is 10.4. The Balaban J connectivity index is 1.35. The van der Waals surface area contributed by atoms with Gasteiger partial charge in [0, 0.05) is 18.4 Å². The van der Waals surface area contributed by atoms with Gasteiger partial charge in [-0.2, -0.15) is 4.98 Å². The highest BCUT2D eigenvalue weighted by Gasteiger charge is 2.17. The summed E-state index contributed by atoms with van der Waals surface area (Å²) in [5, 5.41) is 9.78. The van der Waals surface area contributed by atoms with Crippen molar-refractivity contribution in [3.8, 4) is 17.1 Å². The van der Waals surface area contributed by atoms with Crippen LogP contribution in [0.25, 0.3) is 11.4 Å². The number of carbonyl (C=O) groups is 2. The minimum absolute atomic E-state index is 0.126. The van der Waals surface area contributed by atoms with Crippen LogP contribution in [0.4, 0.5) is 5.69 Å². The lowest BCUT2D eigenvalue weighted by Gasteiger charge is -2.16. The second-order valence-electron chi connectivity index (χ2n) is 7.94. The smallest absolute Gasteiger partial charge is 0.253 e. The van der Waals surface area contributed by atoms with E-state index >= 15 is 0 Å². The number of nitrogens with zero attached hydrogens (tertiary/aromatic N) is 2. The van der Waals surface area contributed by atoms with Gasteiger partial charge >= 0.3 is 0 Å². The molecule has 0 saturated heterocycles. The van der Waals surface area contributed by atoms with Crippen molar-refractivity contribution in [2.45, 2.75) is 25.8 Å². The van der Waals surface area contributed by atoms with Crippen LogP contribution in [0.2, 0.25) is 0 Å². The van der Waals surface area contributed by atoms with Crippen molar-refractivity contribution < 1.29 is 18.8 Å². The Kier molecular flexibility index (Phi) is 7.52. The zero-order valence-electron chi connectivity index (χ0n) is 19.5. The quantitative estimate of drug-likeness (QED) is 0.364. The van der Waals surface area contributed by atoms with E-state index in [9.17, 15) is 9.59 Å². The van der Waals surface area contributed by atoms with Crippen LogP contribution < -0.4 is 15.4 Å². The standard InChI is InChI=1S/C27H26N4O4/c1-18(19-8-4-3-5-9-19)28-27(33)22-10-6-7-11-23(22)29-24(32)16-17-25-30-26(31-35-25)20-12-14-21(34-2)15-13-20/h3-15,18H,16-17H2,1-2H3,(H,28,33)(H,29,32). The zero-order chi connectivity index (χ0) is 24.6. The summed E-state index contributed by atoms with van der Waals surface area (Å²) in [7, 11) is 1.60. The molecule has 1 aromatic heterocycles. The molecule has 0 bridgehead atoms. The SMILES string of the molecule is COc1ccc(-c2noc(CCC(=O)Nc3ccccc3C(=O)NC(C)c3ccccc3)n2)cc1. The summed E-state index contributed by atoms with van der Waals surface area (Å²) in [6.07, 6.45) is 0.398. The molecule has 0 saturated carbocycles. The number of hydrogen-bond donors (Lipinski definition) is 2. The minimum atomic E-state index is -0.265. The third-order valence-electron chi connectivity index (χ3n) is 5.48. The molecule has 0 aliphatic carbocycles. The maximum absolute atomic E-state index is 12.9. The number of ether oxygens (including phenoxy) is 1. The molecule has 4 rings (SSSR count). The number of aryl methyl sites for hydroxylation is 1. The Bertz CT molecular complexity index is 1290. The molecular weight excluding hydrogens is 444 g/mol. The van der Waals surface area contributed by atoms with E-state index < -0.39 is 0 Å². The van der Waals surface area contributed by atoms with Crippen LogP contribution in [0, 0.1) is 0 Å². The molecule has 0 aliphatic rings. The number of hydrogen-bond acceptors (Lipinski definition) is 6. The van der Waals surface area contributed by atoms with Gasteiger partial charge in [0.15, 0.2) is 0 Å². The predicted molar refractivity (Wildman–Crippen MR) is 132 cm³/mol. The van der Waals surface area contributed by atoms with Crippen LogP contribution in [0.5, 0.6) is 5.75 Å². The van der Waals surface area contributed by atoms with Gasteiger partial charge in [-0.1, -0.05) is 47.6 Å². The number of nitrogens with one attached hydrogen (secondary N) is 2. The third-order valence-corrected chi connectivity index (χ3v) is 5.48. The molecule has 2 amide bonds. The molecule has 35 heavy (non-hydrogen) atoms. The van der Waals surface area contributed by atoms with E-state index in [1.54, 1.807) is 31.4 Å². The highest BCUT2D eigenvalue weighted by molar-refractivity contribution is 6.03. The molecule has 0 aliphatic heterocycles. The van der Waals surface area contributed by atoms with Crippen molar-refractivity contribution in [3.63, 3.8) is 0 Å². The molecule has 0 fully saturated rings. The summed E-state index contributed by atoms with van der Waals surface area (Å²) in [6, 6.07) is 23.7. The van der Waals surface area contributed by atoms with E-state index in [4.69, 9.17) is 9.26 Å². The van der Waals surface area contributed by atoms with E-state index in [2.05, 4.69) is 20.8 Å². The molecule has 1 atom stereocenters. The number of benzene rings is 3. The summed E-state index contributed by atoms with van der Waals surface area (Å²) in [5.74, 6) is 1.01. The molecule has 2 N–H and O–H groups in total. The molecule has 1 heterocycles. The number of carbonyl (C=O) groups excluding carboxylic acids is 2. The van der Waals surface area contributed by atoms with Crippen LogP contribution in [-0.4, -0.2) is 29.1 Å². The van der Waals surface area contributed by atoms with Crippen molar-refractivity contribution in [1.82, 2.24) is 15.5 Å². The van der Waals surface area contributed by atoms with Gasteiger partial charge in [-0.25, -0.2) is 0 Å². The van der Waals surface area contributed by atoms with Gasteiger partial charge in [0.1, 0.15) is 5.75 Å². The molecule has 4 aromatic rings. The Labute approximate surface area is 203 Å². The first kappa shape index (κ1) is 23.7. The number of methoxy groups -OCH3 is 1. The van der Waals surface area contributed by atoms with Crippen molar-refractivity contribution >= 4 is 17.5 Å². The van der Waals surface area contributed by atoms with Gasteiger partial charge in [0.25, 0.3) is 5.91 Å². The maximum atomic E-state index is 12.9. The summed E-state index contributed by atoms with van der Waals surface area (Å²) >= 11 is 0. The Morgan fingerprint density at radius 2 is 1.69 bits per heavy atom. The van der Waals surface area contributed by atoms with Crippen LogP contribution in [0.3, 0.4) is 0 Å². The summed E-state index contributed by atoms with van der Waals surface area (Å²) in [5.41, 5.74) is 2.62. The summed E-state index contributed by atoms with van der Waals surface area (Å²) in [4.78, 5) is 29.8. The lowest BCUT2D eigenvalue weighted by Crippen LogP contribution is -2.28. The Hall–Kier alpha value is -4.46. The molecule has 8 heteroatoms. The van der Waals surface area contributed by atoms with Crippen LogP contribution in [0.15, 0.2) is 83.4 Å². The van der Waals surface area contributed by atoms with Gasteiger partial charge in [-0.3, -0.25) is 9.59 Å². The van der Waals surface area contributed by atoms with E-state index in [-0.39, 0.29) is 30.7 Å². The molecule has 8 nitrogen and oxygen atoms in total. The van der Waals surface area contributed by atoms with E-state index in [0.29, 0.717) is 23.0 Å². The van der Waals surface area contributed by atoms with E-state index in [0.717, 1.165) is 16.9 Å². The van der Waals surface area contributed by atoms with E-state index in [1.807, 2.05) is 61.5 Å². The topological polar surface area (TPSA) is 106 Å². The fourth-order valence-corrected chi connectivity index (χ4v) is 3.54. The second-order valence-corrected chi connectivity index (χ2v) is 7.94. The number of rotatable bonds is 9. The third kappa shape index (κ3) is 6.11. The van der Waals surface area contributed by atoms with Crippen molar-refractivity contribution in [2.75, 3.05) is 12.4 Å². The first-order valence-electron chi connectivity index (χ1n) is 11.2. The fraction of sp³-hybridized carbons (Fsp3) is 0.185. The maximum Gasteiger partial charge on any atom is 0.253 e. The molecule has 3 aromatic carbocycles. The lowest BCUT2D eigenvalue weighted by molar-refractivity contribution is -0.116. The van der Waals surface area contributed by atoms with Gasteiger partial charge in [0.05, 0.1) is 24.4 Å². The molecule has 0 radical (unpaired) electrons. The summed E-state index contributed by atoms with van der Waals surface area (Å²) in [6.45, 7) is 1.92. The van der Waals surface area contributed by atoms with Gasteiger partial charge < -0.3 is 19.9 Å². The van der Waals surface area contributed by atoms with Crippen LogP contribution >= 0.6 is 0 Å². The normalized spacial score (nSPS) is 11.5. The number of amides is 2. The number of para-hydroxylation sites is 1. The number of anilines is 1. The lowest BCUT2D eigenvalue weighted by atomic mass is 10.1. The van der Waals surface area contributed by atoms with Crippen molar-refractivity contribution in [1.29, 1.82) is 0 Å². The first-order valence-corrected chi connectivity index (χ1v) is 11.2. The average Bonchev–Trinajstić information content (AvgIpc) is 3.37. The second kappa shape index (κ2) is 11.1. The number of aromatic nitrogens is 2. The van der Waals surface area contributed by atoms with Crippen molar-refractivity contribution in [3.05, 3.63) is 95.9 Å². The highest BCUT2D eigenvalue weighted by atomic mass is 16.5. The molecule has 0 spiro atoms. The minimum Gasteiger partial charge on any atom is -0.497 e. The van der Waals surface area contributed by atoms with Crippen LogP contribution in [-0.2, 0) is 11.2 Å². The molecular formula is C27H26N4O4. The average molecular weight is 471 g/mol. The van der Waals surface area contributed by atoms with Crippen LogP contribution in [0.1, 0.15) is 41.2 Å². The largest absolute Gasteiger partial charge is 0.497 e. The molecule has 1 unspecified atom stereocenters. The predicted octanol–water partition coefficient (Wildman–Crippen LogP) is 4.81. The van der Waals surface area contributed by atoms with E-state index in [1.165, 1.54) is 0 Å². The van der Waals surface area contributed by atoms with Gasteiger partial charge in [-0.05, 0) is 48.9 Å². The van der Waals surface area contributed by atoms with Gasteiger partial charge in [-0.15, -0.1) is 0 Å². The Morgan fingerprint density at radius 3 is 2.43 bits per heavy atom. The highest BCUT2D eigenvalue weighted by Crippen LogP contribution is 2.21. The fourth-order valence-electron chi connectivity index (χ4n) is 3.54. The monoisotopic (exact) mass is 470 g/mol. The molecule has 178 valence electrons. The van der Waals surface area contributed by atoms with Crippen molar-refractivity contribution in [2.24, 2.45) is 0 Å². The van der Waals surface area contributed by atoms with Gasteiger partial charge in [0.2, 0.25) is 17.6 Å². The first-order chi connectivity index (χ1) is 17.0. The zero-order valence-corrected chi connectivity index (χ0v) is 19.5.